The van der Waals surface area contributed by atoms with E-state index in [4.69, 9.17) is 4.74 Å². The average Bonchev–Trinajstić information content (AvgIpc) is 3.38. The Balaban J connectivity index is 1.50. The van der Waals surface area contributed by atoms with E-state index < -0.39 is 17.7 Å². The van der Waals surface area contributed by atoms with E-state index in [9.17, 15) is 14.7 Å². The molecule has 0 bridgehead atoms. The first kappa shape index (κ1) is 21.2. The highest BCUT2D eigenvalue weighted by molar-refractivity contribution is 7.09. The summed E-state index contributed by atoms with van der Waals surface area (Å²) in [6.45, 7) is 0.293. The normalized spacial score (nSPS) is 19.5. The number of urea groups is 1. The molecule has 2 heterocycles. The molecule has 160 valence electrons. The summed E-state index contributed by atoms with van der Waals surface area (Å²) < 4.78 is 5.54. The van der Waals surface area contributed by atoms with Crippen molar-refractivity contribution in [2.75, 3.05) is 13.2 Å². The SMILES string of the molecule is O=C1NC(Cc2ccccc2)(c2ccccc2)C(=O)N1CC(O)COCc1cccs1. The number of hydrogen-bond donors (Lipinski definition) is 2. The molecule has 2 unspecified atom stereocenters. The highest BCUT2D eigenvalue weighted by Gasteiger charge is 2.52. The molecule has 6 nitrogen and oxygen atoms in total. The van der Waals surface area contributed by atoms with E-state index in [2.05, 4.69) is 5.32 Å². The van der Waals surface area contributed by atoms with Crippen LogP contribution in [0.1, 0.15) is 16.0 Å². The fourth-order valence-electron chi connectivity index (χ4n) is 3.79. The summed E-state index contributed by atoms with van der Waals surface area (Å²) in [7, 11) is 0. The molecule has 2 atom stereocenters. The molecule has 1 aromatic heterocycles. The Hall–Kier alpha value is -3.00. The van der Waals surface area contributed by atoms with E-state index in [1.807, 2.05) is 78.2 Å². The molecule has 1 fully saturated rings. The predicted octanol–water partition coefficient (Wildman–Crippen LogP) is 3.32. The van der Waals surface area contributed by atoms with E-state index >= 15 is 0 Å². The number of aliphatic hydroxyl groups excluding tert-OH is 1. The molecule has 4 rings (SSSR count). The molecule has 1 saturated heterocycles. The minimum Gasteiger partial charge on any atom is -0.389 e. The Labute approximate surface area is 185 Å². The number of β-amino-alcohol motifs (C(OH)–C–C–N with tert-alkyl or cyclic N) is 1. The average molecular weight is 437 g/mol. The van der Waals surface area contributed by atoms with Crippen molar-refractivity contribution >= 4 is 23.3 Å². The molecule has 31 heavy (non-hydrogen) atoms. The van der Waals surface area contributed by atoms with Crippen LogP contribution in [0.5, 0.6) is 0 Å². The minimum absolute atomic E-state index is 0.0337. The number of benzene rings is 2. The van der Waals surface area contributed by atoms with Crippen molar-refractivity contribution < 1.29 is 19.4 Å². The molecule has 1 aliphatic heterocycles. The highest BCUT2D eigenvalue weighted by atomic mass is 32.1. The third-order valence-corrected chi connectivity index (χ3v) is 6.13. The van der Waals surface area contributed by atoms with Crippen LogP contribution in [0.15, 0.2) is 78.2 Å². The van der Waals surface area contributed by atoms with Gasteiger partial charge >= 0.3 is 6.03 Å². The molecule has 0 spiro atoms. The lowest BCUT2D eigenvalue weighted by molar-refractivity contribution is -0.133. The molecular formula is C24H24N2O4S. The first-order valence-electron chi connectivity index (χ1n) is 10.1. The van der Waals surface area contributed by atoms with Crippen LogP contribution in [0, 0.1) is 0 Å². The van der Waals surface area contributed by atoms with Crippen LogP contribution in [-0.4, -0.2) is 41.2 Å². The second-order valence-electron chi connectivity index (χ2n) is 7.53. The number of amides is 3. The zero-order valence-electron chi connectivity index (χ0n) is 16.9. The standard InChI is InChI=1S/C24H24N2O4S/c27-20(16-30-17-21-12-7-13-31-21)15-26-22(28)24(25-23(26)29,19-10-5-2-6-11-19)14-18-8-3-1-4-9-18/h1-13,20,27H,14-17H2,(H,25,29). The van der Waals surface area contributed by atoms with Gasteiger partial charge in [-0.15, -0.1) is 11.3 Å². The Morgan fingerprint density at radius 3 is 2.39 bits per heavy atom. The maximum atomic E-state index is 13.5. The van der Waals surface area contributed by atoms with Crippen molar-refractivity contribution in [2.24, 2.45) is 0 Å². The number of aliphatic hydroxyl groups is 1. The Morgan fingerprint density at radius 1 is 1.00 bits per heavy atom. The summed E-state index contributed by atoms with van der Waals surface area (Å²) in [6.07, 6.45) is -0.651. The molecule has 7 heteroatoms. The largest absolute Gasteiger partial charge is 0.389 e. The Morgan fingerprint density at radius 2 is 1.71 bits per heavy atom. The van der Waals surface area contributed by atoms with E-state index in [1.54, 1.807) is 11.3 Å². The van der Waals surface area contributed by atoms with Gasteiger partial charge in [0.1, 0.15) is 0 Å². The number of nitrogens with zero attached hydrogens (tertiary/aromatic N) is 1. The Bertz CT molecular complexity index is 1010. The van der Waals surface area contributed by atoms with Gasteiger partial charge in [-0.25, -0.2) is 4.79 Å². The van der Waals surface area contributed by atoms with Crippen molar-refractivity contribution in [3.8, 4) is 0 Å². The highest BCUT2D eigenvalue weighted by Crippen LogP contribution is 2.33. The quantitative estimate of drug-likeness (QED) is 0.505. The summed E-state index contributed by atoms with van der Waals surface area (Å²) in [6, 6.07) is 22.2. The van der Waals surface area contributed by atoms with Crippen molar-refractivity contribution in [1.82, 2.24) is 10.2 Å². The van der Waals surface area contributed by atoms with Gasteiger partial charge in [-0.2, -0.15) is 0 Å². The number of carbonyl (C=O) groups excluding carboxylic acids is 2. The predicted molar refractivity (Wildman–Crippen MR) is 118 cm³/mol. The molecular weight excluding hydrogens is 412 g/mol. The van der Waals surface area contributed by atoms with Crippen LogP contribution in [0.2, 0.25) is 0 Å². The molecule has 2 aromatic carbocycles. The summed E-state index contributed by atoms with van der Waals surface area (Å²) in [5, 5.41) is 15.3. The van der Waals surface area contributed by atoms with Gasteiger partial charge in [0.05, 0.1) is 25.9 Å². The first-order valence-corrected chi connectivity index (χ1v) is 11.0. The molecule has 3 aromatic rings. The van der Waals surface area contributed by atoms with Gasteiger partial charge in [0.15, 0.2) is 5.54 Å². The molecule has 1 aliphatic rings. The number of hydrogen-bond acceptors (Lipinski definition) is 5. The van der Waals surface area contributed by atoms with E-state index in [0.29, 0.717) is 18.6 Å². The number of carbonyl (C=O) groups is 2. The van der Waals surface area contributed by atoms with Crippen molar-refractivity contribution in [2.45, 2.75) is 24.7 Å². The maximum Gasteiger partial charge on any atom is 0.325 e. The van der Waals surface area contributed by atoms with Crippen molar-refractivity contribution in [3.63, 3.8) is 0 Å². The molecule has 0 saturated carbocycles. The third-order valence-electron chi connectivity index (χ3n) is 5.28. The van der Waals surface area contributed by atoms with Gasteiger partial charge in [0.25, 0.3) is 5.91 Å². The molecule has 0 aliphatic carbocycles. The lowest BCUT2D eigenvalue weighted by Gasteiger charge is -2.28. The summed E-state index contributed by atoms with van der Waals surface area (Å²) in [5.41, 5.74) is 0.432. The maximum absolute atomic E-state index is 13.5. The monoisotopic (exact) mass is 436 g/mol. The number of imide groups is 1. The minimum atomic E-state index is -1.21. The lowest BCUT2D eigenvalue weighted by Crippen LogP contribution is -2.46. The Kier molecular flexibility index (Phi) is 6.46. The topological polar surface area (TPSA) is 78.9 Å². The van der Waals surface area contributed by atoms with Gasteiger partial charge < -0.3 is 15.2 Å². The van der Waals surface area contributed by atoms with E-state index in [0.717, 1.165) is 15.3 Å². The second kappa shape index (κ2) is 9.43. The van der Waals surface area contributed by atoms with E-state index in [-0.39, 0.29) is 19.1 Å². The number of nitrogens with one attached hydrogen (secondary N) is 1. The van der Waals surface area contributed by atoms with Crippen LogP contribution in [0.4, 0.5) is 4.79 Å². The third kappa shape index (κ3) is 4.69. The van der Waals surface area contributed by atoms with Crippen molar-refractivity contribution in [3.05, 3.63) is 94.2 Å². The van der Waals surface area contributed by atoms with Crippen LogP contribution < -0.4 is 5.32 Å². The zero-order valence-corrected chi connectivity index (χ0v) is 17.8. The number of ether oxygens (including phenoxy) is 1. The molecule has 2 N–H and O–H groups in total. The second-order valence-corrected chi connectivity index (χ2v) is 8.56. The first-order chi connectivity index (χ1) is 15.1. The molecule has 3 amide bonds. The van der Waals surface area contributed by atoms with Gasteiger partial charge in [-0.05, 0) is 22.6 Å². The van der Waals surface area contributed by atoms with Crippen LogP contribution in [-0.2, 0) is 28.1 Å². The van der Waals surface area contributed by atoms with Gasteiger partial charge in [-0.3, -0.25) is 9.69 Å². The zero-order chi connectivity index (χ0) is 21.7. The van der Waals surface area contributed by atoms with Crippen molar-refractivity contribution in [1.29, 1.82) is 0 Å². The summed E-state index contributed by atoms with van der Waals surface area (Å²) in [4.78, 5) is 28.5. The van der Waals surface area contributed by atoms with Crippen LogP contribution in [0.25, 0.3) is 0 Å². The van der Waals surface area contributed by atoms with E-state index in [1.165, 1.54) is 0 Å². The van der Waals surface area contributed by atoms with Gasteiger partial charge in [-0.1, -0.05) is 66.7 Å². The van der Waals surface area contributed by atoms with Crippen LogP contribution >= 0.6 is 11.3 Å². The number of rotatable bonds is 9. The van der Waals surface area contributed by atoms with Gasteiger partial charge in [0, 0.05) is 11.3 Å². The number of thiophene rings is 1. The summed E-state index contributed by atoms with van der Waals surface area (Å²) >= 11 is 1.57. The fraction of sp³-hybridized carbons (Fsp3) is 0.250. The lowest BCUT2D eigenvalue weighted by atomic mass is 9.83. The van der Waals surface area contributed by atoms with Gasteiger partial charge in [0.2, 0.25) is 0 Å². The van der Waals surface area contributed by atoms with Crippen LogP contribution in [0.3, 0.4) is 0 Å². The fourth-order valence-corrected chi connectivity index (χ4v) is 4.43. The molecule has 0 radical (unpaired) electrons. The summed E-state index contributed by atoms with van der Waals surface area (Å²) in [5.74, 6) is -0.371. The smallest absolute Gasteiger partial charge is 0.325 e.